The first kappa shape index (κ1) is 15.8. The SMILES string of the molecule is CCN(C(=O)NC(C)C)c1ccc(-c2cccnc2)oc1=O. The Balaban J connectivity index is 2.33. The Kier molecular flexibility index (Phi) is 4.93. The molecule has 6 nitrogen and oxygen atoms in total. The van der Waals surface area contributed by atoms with Crippen molar-refractivity contribution in [2.45, 2.75) is 26.8 Å². The lowest BCUT2D eigenvalue weighted by Gasteiger charge is -2.21. The Morgan fingerprint density at radius 3 is 2.68 bits per heavy atom. The Hall–Kier alpha value is -2.63. The topological polar surface area (TPSA) is 75.4 Å². The number of nitrogens with zero attached hydrogens (tertiary/aromatic N) is 2. The molecule has 0 saturated carbocycles. The second kappa shape index (κ2) is 6.89. The largest absolute Gasteiger partial charge is 0.421 e. The summed E-state index contributed by atoms with van der Waals surface area (Å²) in [6.45, 7) is 5.89. The van der Waals surface area contributed by atoms with Crippen LogP contribution in [0, 0.1) is 0 Å². The molecule has 0 aliphatic rings. The zero-order valence-corrected chi connectivity index (χ0v) is 12.9. The molecule has 2 amide bonds. The Morgan fingerprint density at radius 2 is 2.14 bits per heavy atom. The lowest BCUT2D eigenvalue weighted by Crippen LogP contribution is -2.44. The highest BCUT2D eigenvalue weighted by atomic mass is 16.4. The van der Waals surface area contributed by atoms with Crippen LogP contribution in [0.5, 0.6) is 0 Å². The highest BCUT2D eigenvalue weighted by Gasteiger charge is 2.19. The number of amides is 2. The van der Waals surface area contributed by atoms with E-state index in [9.17, 15) is 9.59 Å². The van der Waals surface area contributed by atoms with Gasteiger partial charge in [0.25, 0.3) is 0 Å². The van der Waals surface area contributed by atoms with Crippen molar-refractivity contribution >= 4 is 11.7 Å². The van der Waals surface area contributed by atoms with E-state index < -0.39 is 5.63 Å². The van der Waals surface area contributed by atoms with Crippen LogP contribution in [0.3, 0.4) is 0 Å². The van der Waals surface area contributed by atoms with Crippen molar-refractivity contribution in [1.29, 1.82) is 0 Å². The monoisotopic (exact) mass is 301 g/mol. The normalized spacial score (nSPS) is 10.5. The van der Waals surface area contributed by atoms with Crippen LogP contribution in [-0.4, -0.2) is 23.6 Å². The molecule has 6 heteroatoms. The summed E-state index contributed by atoms with van der Waals surface area (Å²) in [7, 11) is 0. The molecular formula is C16H19N3O3. The van der Waals surface area contributed by atoms with E-state index in [0.717, 1.165) is 0 Å². The average Bonchev–Trinajstić information content (AvgIpc) is 2.49. The van der Waals surface area contributed by atoms with Crippen LogP contribution in [0.1, 0.15) is 20.8 Å². The van der Waals surface area contributed by atoms with Crippen molar-refractivity contribution in [1.82, 2.24) is 10.3 Å². The predicted molar refractivity (Wildman–Crippen MR) is 84.9 cm³/mol. The minimum absolute atomic E-state index is 0.0109. The zero-order valence-electron chi connectivity index (χ0n) is 12.9. The molecular weight excluding hydrogens is 282 g/mol. The van der Waals surface area contributed by atoms with Gasteiger partial charge in [0.05, 0.1) is 0 Å². The van der Waals surface area contributed by atoms with Gasteiger partial charge in [-0.1, -0.05) is 0 Å². The van der Waals surface area contributed by atoms with Crippen molar-refractivity contribution in [2.24, 2.45) is 0 Å². The van der Waals surface area contributed by atoms with Gasteiger partial charge >= 0.3 is 11.7 Å². The van der Waals surface area contributed by atoms with Crippen molar-refractivity contribution in [3.8, 4) is 11.3 Å². The van der Waals surface area contributed by atoms with Gasteiger partial charge in [-0.05, 0) is 45.0 Å². The number of urea groups is 1. The Bertz CT molecular complexity index is 695. The van der Waals surface area contributed by atoms with Crippen LogP contribution < -0.4 is 15.8 Å². The first-order valence-electron chi connectivity index (χ1n) is 7.15. The molecule has 2 heterocycles. The number of hydrogen-bond donors (Lipinski definition) is 1. The minimum Gasteiger partial charge on any atom is -0.421 e. The predicted octanol–water partition coefficient (Wildman–Crippen LogP) is 2.65. The van der Waals surface area contributed by atoms with Crippen LogP contribution >= 0.6 is 0 Å². The van der Waals surface area contributed by atoms with Gasteiger partial charge in [-0.15, -0.1) is 0 Å². The van der Waals surface area contributed by atoms with Crippen LogP contribution in [0.25, 0.3) is 11.3 Å². The fourth-order valence-corrected chi connectivity index (χ4v) is 2.02. The fourth-order valence-electron chi connectivity index (χ4n) is 2.02. The fraction of sp³-hybridized carbons (Fsp3) is 0.312. The summed E-state index contributed by atoms with van der Waals surface area (Å²) in [6.07, 6.45) is 3.26. The third-order valence-corrected chi connectivity index (χ3v) is 3.01. The summed E-state index contributed by atoms with van der Waals surface area (Å²) in [5.74, 6) is 0.419. The molecule has 1 N–H and O–H groups in total. The summed E-state index contributed by atoms with van der Waals surface area (Å²) in [6, 6.07) is 6.49. The van der Waals surface area contributed by atoms with E-state index >= 15 is 0 Å². The molecule has 0 aromatic carbocycles. The van der Waals surface area contributed by atoms with E-state index in [4.69, 9.17) is 4.42 Å². The van der Waals surface area contributed by atoms with Gasteiger partial charge in [-0.2, -0.15) is 0 Å². The minimum atomic E-state index is -0.554. The van der Waals surface area contributed by atoms with Gasteiger partial charge in [0.2, 0.25) is 0 Å². The number of aromatic nitrogens is 1. The second-order valence-corrected chi connectivity index (χ2v) is 5.06. The molecule has 2 aromatic heterocycles. The van der Waals surface area contributed by atoms with Crippen LogP contribution in [0.15, 0.2) is 45.9 Å². The van der Waals surface area contributed by atoms with Crippen molar-refractivity contribution in [3.05, 3.63) is 47.1 Å². The zero-order chi connectivity index (χ0) is 16.1. The summed E-state index contributed by atoms with van der Waals surface area (Å²) in [5.41, 5.74) is 0.372. The van der Waals surface area contributed by atoms with E-state index in [0.29, 0.717) is 17.9 Å². The van der Waals surface area contributed by atoms with E-state index in [1.807, 2.05) is 13.8 Å². The van der Waals surface area contributed by atoms with E-state index in [1.54, 1.807) is 43.6 Å². The van der Waals surface area contributed by atoms with Gasteiger partial charge in [-0.3, -0.25) is 9.88 Å². The molecule has 0 bridgehead atoms. The molecule has 116 valence electrons. The molecule has 0 fully saturated rings. The molecule has 0 spiro atoms. The lowest BCUT2D eigenvalue weighted by molar-refractivity contribution is 0.244. The molecule has 0 aliphatic carbocycles. The maximum Gasteiger partial charge on any atom is 0.360 e. The molecule has 22 heavy (non-hydrogen) atoms. The number of rotatable bonds is 4. The van der Waals surface area contributed by atoms with Crippen molar-refractivity contribution in [2.75, 3.05) is 11.4 Å². The standard InChI is InChI=1S/C16H19N3O3/c1-4-19(16(21)18-11(2)3)13-7-8-14(22-15(13)20)12-6-5-9-17-10-12/h5-11H,4H2,1-3H3,(H,18,21). The quantitative estimate of drug-likeness (QED) is 0.942. The highest BCUT2D eigenvalue weighted by molar-refractivity contribution is 5.91. The molecule has 2 aromatic rings. The smallest absolute Gasteiger partial charge is 0.360 e. The number of anilines is 1. The van der Waals surface area contributed by atoms with Crippen LogP contribution in [0.2, 0.25) is 0 Å². The Morgan fingerprint density at radius 1 is 1.36 bits per heavy atom. The second-order valence-electron chi connectivity index (χ2n) is 5.06. The van der Waals surface area contributed by atoms with E-state index in [-0.39, 0.29) is 17.8 Å². The molecule has 0 aliphatic heterocycles. The van der Waals surface area contributed by atoms with Gasteiger partial charge in [0.1, 0.15) is 11.4 Å². The molecule has 0 saturated heterocycles. The third-order valence-electron chi connectivity index (χ3n) is 3.01. The van der Waals surface area contributed by atoms with E-state index in [2.05, 4.69) is 10.3 Å². The lowest BCUT2D eigenvalue weighted by atomic mass is 10.2. The number of nitrogens with one attached hydrogen (secondary N) is 1. The molecule has 0 radical (unpaired) electrons. The third kappa shape index (κ3) is 3.52. The van der Waals surface area contributed by atoms with Crippen molar-refractivity contribution in [3.63, 3.8) is 0 Å². The number of hydrogen-bond acceptors (Lipinski definition) is 4. The maximum absolute atomic E-state index is 12.2. The Labute approximate surface area is 128 Å². The van der Waals surface area contributed by atoms with Crippen LogP contribution in [0.4, 0.5) is 10.5 Å². The number of carbonyl (C=O) groups is 1. The van der Waals surface area contributed by atoms with Crippen molar-refractivity contribution < 1.29 is 9.21 Å². The highest BCUT2D eigenvalue weighted by Crippen LogP contribution is 2.19. The van der Waals surface area contributed by atoms with E-state index in [1.165, 1.54) is 4.90 Å². The average molecular weight is 301 g/mol. The summed E-state index contributed by atoms with van der Waals surface area (Å²) < 4.78 is 5.32. The van der Waals surface area contributed by atoms with Gasteiger partial charge < -0.3 is 9.73 Å². The maximum atomic E-state index is 12.2. The summed E-state index contributed by atoms with van der Waals surface area (Å²) in [4.78, 5) is 29.7. The number of carbonyl (C=O) groups excluding carboxylic acids is 1. The first-order chi connectivity index (χ1) is 10.5. The van der Waals surface area contributed by atoms with Gasteiger partial charge in [0.15, 0.2) is 0 Å². The molecule has 0 atom stereocenters. The number of pyridine rings is 1. The van der Waals surface area contributed by atoms with Gasteiger partial charge in [-0.25, -0.2) is 9.59 Å². The first-order valence-corrected chi connectivity index (χ1v) is 7.15. The van der Waals surface area contributed by atoms with Crippen LogP contribution in [-0.2, 0) is 0 Å². The molecule has 2 rings (SSSR count). The summed E-state index contributed by atoms with van der Waals surface area (Å²) >= 11 is 0. The molecule has 0 unspecified atom stereocenters. The summed E-state index contributed by atoms with van der Waals surface area (Å²) in [5, 5.41) is 2.76. The van der Waals surface area contributed by atoms with Gasteiger partial charge in [0, 0.05) is 30.5 Å².